The van der Waals surface area contributed by atoms with E-state index in [2.05, 4.69) is 0 Å². The molecule has 1 aliphatic heterocycles. The average molecular weight is 280 g/mol. The van der Waals surface area contributed by atoms with Gasteiger partial charge in [-0.15, -0.1) is 0 Å². The van der Waals surface area contributed by atoms with Crippen LogP contribution in [-0.4, -0.2) is 40.6 Å². The number of amides is 1. The number of aromatic hydroxyl groups is 1. The maximum atomic E-state index is 12.4. The van der Waals surface area contributed by atoms with Gasteiger partial charge in [-0.25, -0.2) is 0 Å². The van der Waals surface area contributed by atoms with Crippen molar-refractivity contribution < 1.29 is 14.6 Å². The van der Waals surface area contributed by atoms with Crippen molar-refractivity contribution in [2.75, 3.05) is 13.7 Å². The summed E-state index contributed by atoms with van der Waals surface area (Å²) < 4.78 is 5.06. The molecule has 1 aromatic carbocycles. The molecule has 0 bridgehead atoms. The summed E-state index contributed by atoms with van der Waals surface area (Å²) in [5.74, 6) is 0.179. The number of thiocarbonyl (C=S) groups is 1. The summed E-state index contributed by atoms with van der Waals surface area (Å²) in [6, 6.07) is 4.33. The maximum Gasteiger partial charge on any atom is 0.258 e. The molecular formula is C13H16N2O3S. The van der Waals surface area contributed by atoms with Crippen LogP contribution < -0.4 is 10.5 Å². The van der Waals surface area contributed by atoms with Crippen LogP contribution in [0.25, 0.3) is 0 Å². The SMILES string of the molecule is COc1ccc(O)c(C(=O)N2CCCC2C(N)=S)c1. The molecule has 1 saturated heterocycles. The van der Waals surface area contributed by atoms with Crippen molar-refractivity contribution in [3.63, 3.8) is 0 Å². The number of likely N-dealkylation sites (tertiary alicyclic amines) is 1. The van der Waals surface area contributed by atoms with E-state index in [1.807, 2.05) is 0 Å². The van der Waals surface area contributed by atoms with Crippen molar-refractivity contribution in [1.29, 1.82) is 0 Å². The van der Waals surface area contributed by atoms with Gasteiger partial charge < -0.3 is 20.5 Å². The summed E-state index contributed by atoms with van der Waals surface area (Å²) in [6.07, 6.45) is 1.63. The van der Waals surface area contributed by atoms with E-state index < -0.39 is 0 Å². The molecule has 1 unspecified atom stereocenters. The molecule has 5 nitrogen and oxygen atoms in total. The Morgan fingerprint density at radius 3 is 2.95 bits per heavy atom. The number of nitrogens with two attached hydrogens (primary N) is 1. The number of ether oxygens (including phenoxy) is 1. The maximum absolute atomic E-state index is 12.4. The first-order chi connectivity index (χ1) is 9.04. The zero-order chi connectivity index (χ0) is 14.0. The normalized spacial score (nSPS) is 18.4. The predicted octanol–water partition coefficient (Wildman–Crippen LogP) is 1.29. The standard InChI is InChI=1S/C13H16N2O3S/c1-18-8-4-5-11(16)9(7-8)13(17)15-6-2-3-10(15)12(14)19/h4-5,7,10,16H,2-3,6H2,1H3,(H2,14,19). The van der Waals surface area contributed by atoms with E-state index in [4.69, 9.17) is 22.7 Å². The fourth-order valence-electron chi connectivity index (χ4n) is 2.27. The monoisotopic (exact) mass is 280 g/mol. The predicted molar refractivity (Wildman–Crippen MR) is 75.5 cm³/mol. The van der Waals surface area contributed by atoms with E-state index in [0.29, 0.717) is 17.3 Å². The van der Waals surface area contributed by atoms with Gasteiger partial charge in [-0.1, -0.05) is 12.2 Å². The lowest BCUT2D eigenvalue weighted by atomic mass is 10.1. The van der Waals surface area contributed by atoms with Crippen LogP contribution in [0.1, 0.15) is 23.2 Å². The molecule has 1 fully saturated rings. The largest absolute Gasteiger partial charge is 0.507 e. The van der Waals surface area contributed by atoms with Crippen molar-refractivity contribution in [3.8, 4) is 11.5 Å². The second-order valence-electron chi connectivity index (χ2n) is 4.44. The Kier molecular flexibility index (Phi) is 3.90. The number of rotatable bonds is 3. The summed E-state index contributed by atoms with van der Waals surface area (Å²) >= 11 is 4.98. The summed E-state index contributed by atoms with van der Waals surface area (Å²) in [7, 11) is 1.51. The highest BCUT2D eigenvalue weighted by atomic mass is 32.1. The number of hydrogen-bond donors (Lipinski definition) is 2. The molecule has 0 aromatic heterocycles. The Labute approximate surface area is 117 Å². The summed E-state index contributed by atoms with van der Waals surface area (Å²) in [6.45, 7) is 0.595. The molecule has 1 heterocycles. The molecule has 1 atom stereocenters. The van der Waals surface area contributed by atoms with Gasteiger partial charge in [-0.2, -0.15) is 0 Å². The lowest BCUT2D eigenvalue weighted by molar-refractivity contribution is 0.0767. The topological polar surface area (TPSA) is 75.8 Å². The van der Waals surface area contributed by atoms with Crippen LogP contribution in [0.4, 0.5) is 0 Å². The molecule has 2 rings (SSSR count). The second kappa shape index (κ2) is 5.44. The molecule has 1 amide bonds. The number of phenolic OH excluding ortho intramolecular Hbond substituents is 1. The van der Waals surface area contributed by atoms with Crippen LogP contribution in [0.15, 0.2) is 18.2 Å². The Hall–Kier alpha value is -1.82. The van der Waals surface area contributed by atoms with E-state index in [-0.39, 0.29) is 23.3 Å². The molecule has 0 radical (unpaired) electrons. The molecule has 1 aliphatic rings. The summed E-state index contributed by atoms with van der Waals surface area (Å²) in [4.78, 5) is 14.4. The number of benzene rings is 1. The van der Waals surface area contributed by atoms with E-state index in [1.165, 1.54) is 19.2 Å². The minimum atomic E-state index is -0.272. The van der Waals surface area contributed by atoms with Crippen molar-refractivity contribution >= 4 is 23.1 Å². The fourth-order valence-corrected chi connectivity index (χ4v) is 2.52. The first kappa shape index (κ1) is 13.6. The zero-order valence-corrected chi connectivity index (χ0v) is 11.4. The van der Waals surface area contributed by atoms with Crippen molar-refractivity contribution in [3.05, 3.63) is 23.8 Å². The second-order valence-corrected chi connectivity index (χ2v) is 4.91. The third-order valence-electron chi connectivity index (χ3n) is 3.28. The Balaban J connectivity index is 2.31. The minimum absolute atomic E-state index is 0.0700. The number of carbonyl (C=O) groups excluding carboxylic acids is 1. The van der Waals surface area contributed by atoms with Gasteiger partial charge in [0.05, 0.1) is 23.7 Å². The van der Waals surface area contributed by atoms with Crippen LogP contribution in [0, 0.1) is 0 Å². The van der Waals surface area contributed by atoms with E-state index in [1.54, 1.807) is 11.0 Å². The minimum Gasteiger partial charge on any atom is -0.507 e. The van der Waals surface area contributed by atoms with Crippen molar-refractivity contribution in [1.82, 2.24) is 4.90 Å². The number of hydrogen-bond acceptors (Lipinski definition) is 4. The van der Waals surface area contributed by atoms with Crippen LogP contribution >= 0.6 is 12.2 Å². The van der Waals surface area contributed by atoms with Gasteiger partial charge in [0.1, 0.15) is 11.5 Å². The highest BCUT2D eigenvalue weighted by Gasteiger charge is 2.32. The zero-order valence-electron chi connectivity index (χ0n) is 10.6. The quantitative estimate of drug-likeness (QED) is 0.816. The summed E-state index contributed by atoms with van der Waals surface area (Å²) in [5.41, 5.74) is 5.86. The highest BCUT2D eigenvalue weighted by molar-refractivity contribution is 7.80. The van der Waals surface area contributed by atoms with Crippen LogP contribution in [-0.2, 0) is 0 Å². The Morgan fingerprint density at radius 1 is 1.58 bits per heavy atom. The van der Waals surface area contributed by atoms with Gasteiger partial charge in [-0.3, -0.25) is 4.79 Å². The lowest BCUT2D eigenvalue weighted by Crippen LogP contribution is -2.42. The molecular weight excluding hydrogens is 264 g/mol. The first-order valence-electron chi connectivity index (χ1n) is 6.02. The fraction of sp³-hybridized carbons (Fsp3) is 0.385. The van der Waals surface area contributed by atoms with Crippen LogP contribution in [0.3, 0.4) is 0 Å². The van der Waals surface area contributed by atoms with E-state index in [9.17, 15) is 9.90 Å². The lowest BCUT2D eigenvalue weighted by Gasteiger charge is -2.24. The van der Waals surface area contributed by atoms with Gasteiger partial charge in [0.25, 0.3) is 5.91 Å². The molecule has 102 valence electrons. The number of methoxy groups -OCH3 is 1. The molecule has 0 saturated carbocycles. The molecule has 0 aliphatic carbocycles. The van der Waals surface area contributed by atoms with Gasteiger partial charge in [0, 0.05) is 6.54 Å². The average Bonchev–Trinajstić information content (AvgIpc) is 2.88. The molecule has 19 heavy (non-hydrogen) atoms. The third kappa shape index (κ3) is 2.63. The number of phenols is 1. The van der Waals surface area contributed by atoms with E-state index >= 15 is 0 Å². The van der Waals surface area contributed by atoms with Crippen LogP contribution in [0.5, 0.6) is 11.5 Å². The van der Waals surface area contributed by atoms with Crippen molar-refractivity contribution in [2.45, 2.75) is 18.9 Å². The van der Waals surface area contributed by atoms with Gasteiger partial charge in [0.2, 0.25) is 0 Å². The number of nitrogens with zero attached hydrogens (tertiary/aromatic N) is 1. The molecule has 0 spiro atoms. The van der Waals surface area contributed by atoms with E-state index in [0.717, 1.165) is 12.8 Å². The number of carbonyl (C=O) groups is 1. The third-order valence-corrected chi connectivity index (χ3v) is 3.55. The molecule has 3 N–H and O–H groups in total. The van der Waals surface area contributed by atoms with Gasteiger partial charge in [-0.05, 0) is 31.0 Å². The Bertz CT molecular complexity index is 519. The Morgan fingerprint density at radius 2 is 2.32 bits per heavy atom. The van der Waals surface area contributed by atoms with Gasteiger partial charge in [0.15, 0.2) is 0 Å². The van der Waals surface area contributed by atoms with Gasteiger partial charge >= 0.3 is 0 Å². The molecule has 1 aromatic rings. The molecule has 6 heteroatoms. The van der Waals surface area contributed by atoms with Crippen LogP contribution in [0.2, 0.25) is 0 Å². The smallest absolute Gasteiger partial charge is 0.258 e. The first-order valence-corrected chi connectivity index (χ1v) is 6.42. The summed E-state index contributed by atoms with van der Waals surface area (Å²) in [5, 5.41) is 9.82. The highest BCUT2D eigenvalue weighted by Crippen LogP contribution is 2.27. The van der Waals surface area contributed by atoms with Crippen molar-refractivity contribution in [2.24, 2.45) is 5.73 Å².